The molecule has 3 heterocycles. The van der Waals surface area contributed by atoms with E-state index in [0.29, 0.717) is 22.2 Å². The van der Waals surface area contributed by atoms with E-state index in [1.165, 1.54) is 0 Å². The Balaban J connectivity index is 2.00. The molecule has 0 fully saturated rings. The van der Waals surface area contributed by atoms with E-state index in [4.69, 9.17) is 15.0 Å². The summed E-state index contributed by atoms with van der Waals surface area (Å²) in [6.45, 7) is 6.13. The minimum atomic E-state index is -0.0784. The Morgan fingerprint density at radius 2 is 1.76 bits per heavy atom. The highest BCUT2D eigenvalue weighted by Gasteiger charge is 2.21. The number of fused-ring (bicyclic) bond motifs is 4. The van der Waals surface area contributed by atoms with Crippen LogP contribution in [0.4, 0.5) is 0 Å². The Labute approximate surface area is 167 Å². The lowest BCUT2D eigenvalue weighted by molar-refractivity contribution is 0.510. The van der Waals surface area contributed by atoms with Crippen LogP contribution in [0.1, 0.15) is 31.9 Å². The molecule has 0 aliphatic carbocycles. The molecule has 0 saturated carbocycles. The van der Waals surface area contributed by atoms with Gasteiger partial charge in [0.25, 0.3) is 5.56 Å². The summed E-state index contributed by atoms with van der Waals surface area (Å²) in [6, 6.07) is 15.9. The van der Waals surface area contributed by atoms with Gasteiger partial charge in [-0.05, 0) is 50.1 Å². The Morgan fingerprint density at radius 1 is 1.00 bits per heavy atom. The molecule has 5 rings (SSSR count). The highest BCUT2D eigenvalue weighted by atomic mass is 16.1. The third-order valence-corrected chi connectivity index (χ3v) is 5.51. The maximum atomic E-state index is 13.4. The Kier molecular flexibility index (Phi) is 3.94. The van der Waals surface area contributed by atoms with Crippen LogP contribution < -0.4 is 5.56 Å². The van der Waals surface area contributed by atoms with Crippen LogP contribution in [0.2, 0.25) is 0 Å². The van der Waals surface area contributed by atoms with Crippen LogP contribution in [-0.4, -0.2) is 24.1 Å². The Bertz CT molecular complexity index is 1450. The SMILES string of the molecule is CC[C@H](C)n1cnc2c(c1=O)c1nc3ccccc3nc1n2-c1cccc(C)c1. The predicted octanol–water partition coefficient (Wildman–Crippen LogP) is 4.56. The summed E-state index contributed by atoms with van der Waals surface area (Å²) < 4.78 is 3.64. The van der Waals surface area contributed by atoms with Crippen molar-refractivity contribution in [2.24, 2.45) is 0 Å². The first-order chi connectivity index (χ1) is 14.1. The van der Waals surface area contributed by atoms with E-state index in [1.54, 1.807) is 10.9 Å². The first-order valence-corrected chi connectivity index (χ1v) is 9.83. The van der Waals surface area contributed by atoms with E-state index in [2.05, 4.69) is 13.0 Å². The number of benzene rings is 2. The zero-order chi connectivity index (χ0) is 20.1. The Morgan fingerprint density at radius 3 is 2.48 bits per heavy atom. The van der Waals surface area contributed by atoms with Gasteiger partial charge >= 0.3 is 0 Å². The molecule has 0 spiro atoms. The Hall–Kier alpha value is -3.54. The van der Waals surface area contributed by atoms with E-state index in [1.807, 2.05) is 60.9 Å². The number of hydrogen-bond acceptors (Lipinski definition) is 4. The fourth-order valence-electron chi connectivity index (χ4n) is 3.77. The lowest BCUT2D eigenvalue weighted by atomic mass is 10.2. The van der Waals surface area contributed by atoms with Crippen LogP contribution in [-0.2, 0) is 0 Å². The quantitative estimate of drug-likeness (QED) is 0.458. The van der Waals surface area contributed by atoms with Crippen molar-refractivity contribution in [2.45, 2.75) is 33.2 Å². The van der Waals surface area contributed by atoms with Crippen molar-refractivity contribution in [3.8, 4) is 5.69 Å². The van der Waals surface area contributed by atoms with Gasteiger partial charge in [0, 0.05) is 11.7 Å². The van der Waals surface area contributed by atoms with Crippen molar-refractivity contribution in [2.75, 3.05) is 0 Å². The van der Waals surface area contributed by atoms with Gasteiger partial charge in [0.15, 0.2) is 11.3 Å². The van der Waals surface area contributed by atoms with E-state index in [-0.39, 0.29) is 11.6 Å². The molecule has 5 aromatic rings. The smallest absolute Gasteiger partial charge is 0.265 e. The standard InChI is InChI=1S/C23H21N5O/c1-4-15(3)27-13-24-21-19(23(27)29)20-22(26-18-11-6-5-10-17(18)25-20)28(21)16-9-7-8-14(2)12-16/h5-13,15H,4H2,1-3H3/t15-/m0/s1. The molecule has 0 bridgehead atoms. The van der Waals surface area contributed by atoms with E-state index in [0.717, 1.165) is 28.7 Å². The van der Waals surface area contributed by atoms with Crippen molar-refractivity contribution in [3.05, 3.63) is 70.8 Å². The summed E-state index contributed by atoms with van der Waals surface area (Å²) in [6.07, 6.45) is 2.49. The number of nitrogens with zero attached hydrogens (tertiary/aromatic N) is 5. The maximum Gasteiger partial charge on any atom is 0.265 e. The molecule has 0 amide bonds. The zero-order valence-corrected chi connectivity index (χ0v) is 16.6. The van der Waals surface area contributed by atoms with Gasteiger partial charge in [-0.15, -0.1) is 0 Å². The first kappa shape index (κ1) is 17.6. The fraction of sp³-hybridized carbons (Fsp3) is 0.217. The van der Waals surface area contributed by atoms with Gasteiger partial charge in [-0.2, -0.15) is 0 Å². The molecule has 1 atom stereocenters. The van der Waals surface area contributed by atoms with Gasteiger partial charge in [0.05, 0.1) is 11.0 Å². The monoisotopic (exact) mass is 383 g/mol. The van der Waals surface area contributed by atoms with E-state index in [9.17, 15) is 4.79 Å². The second-order valence-electron chi connectivity index (χ2n) is 7.47. The third-order valence-electron chi connectivity index (χ3n) is 5.51. The van der Waals surface area contributed by atoms with Crippen LogP contribution >= 0.6 is 0 Å². The second-order valence-corrected chi connectivity index (χ2v) is 7.47. The van der Waals surface area contributed by atoms with Gasteiger partial charge in [-0.25, -0.2) is 15.0 Å². The van der Waals surface area contributed by atoms with Gasteiger partial charge in [-0.1, -0.05) is 31.2 Å². The lowest BCUT2D eigenvalue weighted by Gasteiger charge is -2.12. The second kappa shape index (κ2) is 6.51. The predicted molar refractivity (Wildman–Crippen MR) is 116 cm³/mol. The summed E-state index contributed by atoms with van der Waals surface area (Å²) in [5, 5.41) is 0.516. The third kappa shape index (κ3) is 2.63. The normalized spacial score (nSPS) is 12.8. The molecular weight excluding hydrogens is 362 g/mol. The molecule has 0 unspecified atom stereocenters. The van der Waals surface area contributed by atoms with Crippen molar-refractivity contribution in [1.82, 2.24) is 24.1 Å². The molecule has 6 heteroatoms. The first-order valence-electron chi connectivity index (χ1n) is 9.83. The molecule has 0 N–H and O–H groups in total. The average Bonchev–Trinajstić information content (AvgIpc) is 3.05. The van der Waals surface area contributed by atoms with Crippen molar-refractivity contribution < 1.29 is 0 Å². The van der Waals surface area contributed by atoms with Gasteiger partial charge < -0.3 is 0 Å². The lowest BCUT2D eigenvalue weighted by Crippen LogP contribution is -2.23. The average molecular weight is 383 g/mol. The molecule has 0 saturated heterocycles. The fourth-order valence-corrected chi connectivity index (χ4v) is 3.77. The highest BCUT2D eigenvalue weighted by molar-refractivity contribution is 6.05. The van der Waals surface area contributed by atoms with Gasteiger partial charge in [0.1, 0.15) is 17.2 Å². The summed E-state index contributed by atoms with van der Waals surface area (Å²) in [5.74, 6) is 0. The van der Waals surface area contributed by atoms with E-state index < -0.39 is 0 Å². The van der Waals surface area contributed by atoms with E-state index >= 15 is 0 Å². The minimum Gasteiger partial charge on any atom is -0.296 e. The highest BCUT2D eigenvalue weighted by Crippen LogP contribution is 2.28. The van der Waals surface area contributed by atoms with Crippen LogP contribution in [0.25, 0.3) is 38.9 Å². The summed E-state index contributed by atoms with van der Waals surface area (Å²) in [5.41, 5.74) is 5.35. The molecule has 0 aliphatic rings. The summed E-state index contributed by atoms with van der Waals surface area (Å²) in [4.78, 5) is 27.8. The minimum absolute atomic E-state index is 0.0604. The molecule has 29 heavy (non-hydrogen) atoms. The molecule has 2 aromatic carbocycles. The van der Waals surface area contributed by atoms with Crippen LogP contribution in [0, 0.1) is 6.92 Å². The number of hydrogen-bond donors (Lipinski definition) is 0. The van der Waals surface area contributed by atoms with Gasteiger partial charge in [0.2, 0.25) is 0 Å². The molecule has 0 radical (unpaired) electrons. The van der Waals surface area contributed by atoms with Gasteiger partial charge in [-0.3, -0.25) is 13.9 Å². The molecule has 144 valence electrons. The molecule has 3 aromatic heterocycles. The topological polar surface area (TPSA) is 65.6 Å². The van der Waals surface area contributed by atoms with Crippen molar-refractivity contribution in [3.63, 3.8) is 0 Å². The number of aromatic nitrogens is 5. The van der Waals surface area contributed by atoms with Crippen molar-refractivity contribution in [1.29, 1.82) is 0 Å². The van der Waals surface area contributed by atoms with Crippen LogP contribution in [0.3, 0.4) is 0 Å². The molecule has 6 nitrogen and oxygen atoms in total. The van der Waals surface area contributed by atoms with Crippen molar-refractivity contribution >= 4 is 33.2 Å². The summed E-state index contributed by atoms with van der Waals surface area (Å²) >= 11 is 0. The number of rotatable bonds is 3. The number of para-hydroxylation sites is 2. The number of aryl methyl sites for hydroxylation is 1. The zero-order valence-electron chi connectivity index (χ0n) is 16.6. The van der Waals surface area contributed by atoms with Crippen LogP contribution in [0.5, 0.6) is 0 Å². The van der Waals surface area contributed by atoms with Crippen LogP contribution in [0.15, 0.2) is 59.7 Å². The summed E-state index contributed by atoms with van der Waals surface area (Å²) in [7, 11) is 0. The molecule has 0 aliphatic heterocycles. The molecular formula is C23H21N5O. The largest absolute Gasteiger partial charge is 0.296 e. The maximum absolute atomic E-state index is 13.4.